The average Bonchev–Trinajstić information content (AvgIpc) is 3.37. The van der Waals surface area contributed by atoms with E-state index in [0.29, 0.717) is 16.3 Å². The molecule has 300 valence electrons. The summed E-state index contributed by atoms with van der Waals surface area (Å²) in [5.74, 6) is -3.91. The van der Waals surface area contributed by atoms with E-state index in [1.54, 1.807) is 57.2 Å². The Labute approximate surface area is 322 Å². The molecule has 0 bridgehead atoms. The molecule has 1 heterocycles. The van der Waals surface area contributed by atoms with Crippen molar-refractivity contribution < 1.29 is 47.9 Å². The van der Waals surface area contributed by atoms with Gasteiger partial charge in [-0.3, -0.25) is 24.5 Å². The quantitative estimate of drug-likeness (QED) is 0.183. The predicted octanol–water partition coefficient (Wildman–Crippen LogP) is 5.32. The maximum absolute atomic E-state index is 14.1. The molecule has 1 fully saturated rings. The third-order valence-corrected chi connectivity index (χ3v) is 7.89. The number of hydroxylamine groups is 2. The Kier molecular flexibility index (Phi) is 15.0. The van der Waals surface area contributed by atoms with Crippen LogP contribution < -0.4 is 21.3 Å². The number of ether oxygens (including phenoxy) is 2. The van der Waals surface area contributed by atoms with E-state index in [4.69, 9.17) is 14.3 Å². The molecule has 0 spiro atoms. The van der Waals surface area contributed by atoms with Crippen LogP contribution in [0.3, 0.4) is 0 Å². The van der Waals surface area contributed by atoms with Crippen LogP contribution in [0.25, 0.3) is 0 Å². The normalized spacial score (nSPS) is 15.0. The van der Waals surface area contributed by atoms with E-state index in [-0.39, 0.29) is 38.7 Å². The molecule has 1 saturated heterocycles. The van der Waals surface area contributed by atoms with Gasteiger partial charge in [0.05, 0.1) is 0 Å². The molecule has 2 aromatic carbocycles. The lowest BCUT2D eigenvalue weighted by Gasteiger charge is -2.31. The monoisotopic (exact) mass is 765 g/mol. The van der Waals surface area contributed by atoms with Gasteiger partial charge in [-0.15, -0.1) is 5.06 Å². The van der Waals surface area contributed by atoms with Gasteiger partial charge >= 0.3 is 18.2 Å². The lowest BCUT2D eigenvalue weighted by molar-refractivity contribution is -0.199. The van der Waals surface area contributed by atoms with Crippen molar-refractivity contribution in [2.24, 2.45) is 10.8 Å². The Hall–Kier alpha value is -5.47. The number of amides is 6. The van der Waals surface area contributed by atoms with Crippen LogP contribution in [0.2, 0.25) is 0 Å². The largest absolute Gasteiger partial charge is 0.445 e. The topological polar surface area (TPSA) is 199 Å². The van der Waals surface area contributed by atoms with Crippen molar-refractivity contribution in [3.63, 3.8) is 0 Å². The molecule has 6 amide bonds. The smallest absolute Gasteiger partial charge is 0.412 e. The first-order chi connectivity index (χ1) is 25.5. The highest BCUT2D eigenvalue weighted by atomic mass is 16.7. The van der Waals surface area contributed by atoms with Crippen LogP contribution in [0.5, 0.6) is 0 Å². The molecule has 1 aliphatic rings. The molecule has 0 aromatic heterocycles. The van der Waals surface area contributed by atoms with Crippen molar-refractivity contribution in [3.8, 4) is 0 Å². The molecule has 55 heavy (non-hydrogen) atoms. The van der Waals surface area contributed by atoms with Gasteiger partial charge in [-0.1, -0.05) is 84.0 Å². The van der Waals surface area contributed by atoms with Gasteiger partial charge in [0.2, 0.25) is 11.8 Å². The molecule has 15 nitrogen and oxygen atoms in total. The molecule has 0 aliphatic carbocycles. The first kappa shape index (κ1) is 43.9. The van der Waals surface area contributed by atoms with Gasteiger partial charge in [-0.2, -0.15) is 0 Å². The molecule has 0 radical (unpaired) electrons. The van der Waals surface area contributed by atoms with Gasteiger partial charge < -0.3 is 30.3 Å². The zero-order valence-electron chi connectivity index (χ0n) is 33.2. The maximum Gasteiger partial charge on any atom is 0.412 e. The van der Waals surface area contributed by atoms with Crippen LogP contribution in [0.15, 0.2) is 54.6 Å². The minimum absolute atomic E-state index is 0.0162. The van der Waals surface area contributed by atoms with Crippen LogP contribution >= 0.6 is 0 Å². The van der Waals surface area contributed by atoms with E-state index in [2.05, 4.69) is 21.3 Å². The van der Waals surface area contributed by atoms with Crippen LogP contribution in [0, 0.1) is 10.8 Å². The van der Waals surface area contributed by atoms with Crippen LogP contribution in [-0.2, 0) is 51.3 Å². The highest BCUT2D eigenvalue weighted by Gasteiger charge is 2.38. The van der Waals surface area contributed by atoms with Gasteiger partial charge in [0.1, 0.15) is 30.3 Å². The molecular formula is C40H55N5O10. The lowest BCUT2D eigenvalue weighted by Crippen LogP contribution is -2.57. The van der Waals surface area contributed by atoms with Gasteiger partial charge in [0.25, 0.3) is 11.8 Å². The molecular weight excluding hydrogens is 710 g/mol. The third kappa shape index (κ3) is 15.8. The highest BCUT2D eigenvalue weighted by Crippen LogP contribution is 2.24. The fraction of sp³-hybridized carbons (Fsp3) is 0.525. The molecule has 0 unspecified atom stereocenters. The summed E-state index contributed by atoms with van der Waals surface area (Å²) in [5, 5.41) is 11.1. The van der Waals surface area contributed by atoms with Crippen molar-refractivity contribution >= 4 is 47.5 Å². The van der Waals surface area contributed by atoms with Gasteiger partial charge in [0.15, 0.2) is 0 Å². The zero-order chi connectivity index (χ0) is 41.1. The zero-order valence-corrected chi connectivity index (χ0v) is 33.2. The standard InChI is InChI=1S/C40H55N5O10/c1-38(2,3)22-29(43-34(49)30(23-39(4,5)6)44-36(51)53-24-25-14-11-10-12-15-25)33(48)42-28(35(50)55-45-31(46)18-19-32(45)47)21-26-16-13-17-27(20-26)41-37(52)54-40(7,8)9/h10-17,20,28-30H,18-19,21-24H2,1-9H3,(H,41,52)(H,42,48)(H,43,49)(H,44,51)/t28-,29-,30+/m0/s1. The van der Waals surface area contributed by atoms with Gasteiger partial charge in [0, 0.05) is 24.9 Å². The minimum atomic E-state index is -1.46. The highest BCUT2D eigenvalue weighted by molar-refractivity contribution is 6.02. The van der Waals surface area contributed by atoms with Crippen molar-refractivity contribution in [1.82, 2.24) is 21.0 Å². The average molecular weight is 766 g/mol. The van der Waals surface area contributed by atoms with Gasteiger partial charge in [-0.05, 0) is 67.7 Å². The number of carbonyl (C=O) groups excluding carboxylic acids is 7. The second-order valence-electron chi connectivity index (χ2n) is 16.9. The molecule has 1 aliphatic heterocycles. The fourth-order valence-corrected chi connectivity index (χ4v) is 5.53. The van der Waals surface area contributed by atoms with E-state index < -0.39 is 76.3 Å². The number of imide groups is 1. The fourth-order valence-electron chi connectivity index (χ4n) is 5.53. The Bertz CT molecular complexity index is 1690. The van der Waals surface area contributed by atoms with E-state index in [1.165, 1.54) is 0 Å². The first-order valence-corrected chi connectivity index (χ1v) is 18.2. The summed E-state index contributed by atoms with van der Waals surface area (Å²) in [5.41, 5.74) is -0.124. The molecule has 3 rings (SSSR count). The number of rotatable bonds is 14. The molecule has 0 saturated carbocycles. The van der Waals surface area contributed by atoms with Crippen molar-refractivity contribution in [2.75, 3.05) is 5.32 Å². The maximum atomic E-state index is 14.1. The van der Waals surface area contributed by atoms with Crippen molar-refractivity contribution in [1.29, 1.82) is 0 Å². The summed E-state index contributed by atoms with van der Waals surface area (Å²) in [4.78, 5) is 96.7. The predicted molar refractivity (Wildman–Crippen MR) is 203 cm³/mol. The van der Waals surface area contributed by atoms with Crippen LogP contribution in [-0.4, -0.2) is 70.6 Å². The molecule has 15 heteroatoms. The van der Waals surface area contributed by atoms with E-state index in [9.17, 15) is 33.6 Å². The summed E-state index contributed by atoms with van der Waals surface area (Å²) in [6.07, 6.45) is -1.67. The van der Waals surface area contributed by atoms with Crippen LogP contribution in [0.1, 0.15) is 99.1 Å². The Morgan fingerprint density at radius 3 is 1.75 bits per heavy atom. The van der Waals surface area contributed by atoms with E-state index in [0.717, 1.165) is 5.56 Å². The SMILES string of the molecule is CC(C)(C)C[C@H](NC(=O)[C@@H](CC(C)(C)C)NC(=O)OCc1ccccc1)C(=O)N[C@@H](Cc1cccc(NC(=O)OC(C)(C)C)c1)C(=O)ON1C(=O)CCC1=O. The summed E-state index contributed by atoms with van der Waals surface area (Å²) in [7, 11) is 0. The molecule has 4 N–H and O–H groups in total. The summed E-state index contributed by atoms with van der Waals surface area (Å²) >= 11 is 0. The van der Waals surface area contributed by atoms with Crippen molar-refractivity contribution in [3.05, 3.63) is 65.7 Å². The molecule has 2 aromatic rings. The third-order valence-electron chi connectivity index (χ3n) is 7.89. The Morgan fingerprint density at radius 1 is 0.673 bits per heavy atom. The number of alkyl carbamates (subject to hydrolysis) is 1. The summed E-state index contributed by atoms with van der Waals surface area (Å²) < 4.78 is 10.7. The number of hydrogen-bond donors (Lipinski definition) is 4. The van der Waals surface area contributed by atoms with Crippen LogP contribution in [0.4, 0.5) is 15.3 Å². The van der Waals surface area contributed by atoms with E-state index in [1.807, 2.05) is 59.7 Å². The second kappa shape index (κ2) is 18.7. The summed E-state index contributed by atoms with van der Waals surface area (Å²) in [6.45, 7) is 16.4. The number of nitrogens with one attached hydrogen (secondary N) is 4. The van der Waals surface area contributed by atoms with Crippen molar-refractivity contribution in [2.45, 2.75) is 125 Å². The number of hydrogen-bond acceptors (Lipinski definition) is 10. The second-order valence-corrected chi connectivity index (χ2v) is 16.9. The number of carbonyl (C=O) groups is 7. The number of nitrogens with zero attached hydrogens (tertiary/aromatic N) is 1. The Balaban J connectivity index is 1.86. The van der Waals surface area contributed by atoms with Gasteiger partial charge in [-0.25, -0.2) is 14.4 Å². The Morgan fingerprint density at radius 2 is 1.20 bits per heavy atom. The summed E-state index contributed by atoms with van der Waals surface area (Å²) in [6, 6.07) is 11.7. The first-order valence-electron chi connectivity index (χ1n) is 18.2. The van der Waals surface area contributed by atoms with E-state index >= 15 is 0 Å². The molecule has 3 atom stereocenters. The number of benzene rings is 2. The lowest BCUT2D eigenvalue weighted by atomic mass is 9.86. The minimum Gasteiger partial charge on any atom is -0.445 e. The number of anilines is 1.